The van der Waals surface area contributed by atoms with Crippen LogP contribution in [-0.2, 0) is 13.1 Å². The maximum Gasteiger partial charge on any atom is 0.332 e. The number of hydrogen-bond acceptors (Lipinski definition) is 5. The van der Waals surface area contributed by atoms with Gasteiger partial charge in [-0.05, 0) is 30.7 Å². The summed E-state index contributed by atoms with van der Waals surface area (Å²) in [5.41, 5.74) is 0.0658. The van der Waals surface area contributed by atoms with Gasteiger partial charge in [0.25, 0.3) is 5.56 Å². The van der Waals surface area contributed by atoms with Crippen LogP contribution in [0.1, 0.15) is 51.5 Å². The Bertz CT molecular complexity index is 1440. The van der Waals surface area contributed by atoms with Crippen LogP contribution in [0.3, 0.4) is 0 Å². The van der Waals surface area contributed by atoms with Crippen molar-refractivity contribution in [2.75, 3.05) is 6.61 Å². The fourth-order valence-corrected chi connectivity index (χ4v) is 5.11. The standard InChI is InChI=1S/C27H32N4O4/c1-2-3-15-29-25-24(31(18-28-25)20-11-5-6-12-20)26(33)30(27(29)34)16-21(32)17-35-23-14-8-10-19-9-4-7-13-22(19)23/h4,7-10,13-14,18,20-21,32H,2-3,5-6,11-12,15-17H2,1H3/t21-/m1/s1. The number of imidazole rings is 1. The zero-order valence-corrected chi connectivity index (χ0v) is 20.1. The molecule has 1 atom stereocenters. The van der Waals surface area contributed by atoms with Crippen molar-refractivity contribution in [1.29, 1.82) is 0 Å². The maximum absolute atomic E-state index is 13.5. The van der Waals surface area contributed by atoms with E-state index in [0.29, 0.717) is 23.5 Å². The summed E-state index contributed by atoms with van der Waals surface area (Å²) in [5, 5.41) is 12.8. The molecule has 0 aliphatic heterocycles. The van der Waals surface area contributed by atoms with Crippen LogP contribution in [0.4, 0.5) is 0 Å². The van der Waals surface area contributed by atoms with Crippen molar-refractivity contribution in [2.45, 2.75) is 70.7 Å². The minimum absolute atomic E-state index is 0.0330. The molecule has 1 aliphatic carbocycles. The van der Waals surface area contributed by atoms with Gasteiger partial charge in [0, 0.05) is 18.0 Å². The van der Waals surface area contributed by atoms with E-state index in [1.54, 1.807) is 10.9 Å². The van der Waals surface area contributed by atoms with Gasteiger partial charge in [0.1, 0.15) is 18.5 Å². The number of hydrogen-bond donors (Lipinski definition) is 1. The van der Waals surface area contributed by atoms with Crippen LogP contribution in [0.5, 0.6) is 5.75 Å². The van der Waals surface area contributed by atoms with Gasteiger partial charge in [0.2, 0.25) is 0 Å². The second kappa shape index (κ2) is 10.1. The molecule has 0 saturated heterocycles. The third kappa shape index (κ3) is 4.50. The number of unbranched alkanes of at least 4 members (excludes halogenated alkanes) is 1. The fraction of sp³-hybridized carbons (Fsp3) is 0.444. The maximum atomic E-state index is 13.5. The van der Waals surface area contributed by atoms with Gasteiger partial charge in [-0.15, -0.1) is 0 Å². The Balaban J connectivity index is 1.46. The van der Waals surface area contributed by atoms with Crippen molar-refractivity contribution in [2.24, 2.45) is 0 Å². The molecule has 8 heteroatoms. The van der Waals surface area contributed by atoms with Gasteiger partial charge in [0.05, 0.1) is 12.9 Å². The highest BCUT2D eigenvalue weighted by Gasteiger charge is 2.24. The van der Waals surface area contributed by atoms with Crippen LogP contribution in [0.15, 0.2) is 58.4 Å². The first-order valence-electron chi connectivity index (χ1n) is 12.6. The minimum atomic E-state index is -1.03. The van der Waals surface area contributed by atoms with E-state index in [1.807, 2.05) is 47.0 Å². The van der Waals surface area contributed by atoms with Gasteiger partial charge in [-0.1, -0.05) is 62.6 Å². The van der Waals surface area contributed by atoms with Crippen molar-refractivity contribution in [3.63, 3.8) is 0 Å². The molecular weight excluding hydrogens is 444 g/mol. The van der Waals surface area contributed by atoms with E-state index < -0.39 is 17.4 Å². The quantitative estimate of drug-likeness (QED) is 0.396. The molecule has 2 heterocycles. The summed E-state index contributed by atoms with van der Waals surface area (Å²) in [6.45, 7) is 2.37. The molecular formula is C27H32N4O4. The van der Waals surface area contributed by atoms with E-state index >= 15 is 0 Å². The van der Waals surface area contributed by atoms with Gasteiger partial charge in [-0.2, -0.15) is 0 Å². The van der Waals surface area contributed by atoms with Crippen molar-refractivity contribution < 1.29 is 9.84 Å². The summed E-state index contributed by atoms with van der Waals surface area (Å²) in [6, 6.07) is 13.8. The van der Waals surface area contributed by atoms with E-state index in [-0.39, 0.29) is 19.2 Å². The van der Waals surface area contributed by atoms with Gasteiger partial charge in [-0.3, -0.25) is 13.9 Å². The van der Waals surface area contributed by atoms with E-state index in [2.05, 4.69) is 11.9 Å². The van der Waals surface area contributed by atoms with Crippen LogP contribution >= 0.6 is 0 Å². The zero-order valence-electron chi connectivity index (χ0n) is 20.1. The Morgan fingerprint density at radius 3 is 2.66 bits per heavy atom. The largest absolute Gasteiger partial charge is 0.490 e. The molecule has 0 spiro atoms. The van der Waals surface area contributed by atoms with Crippen molar-refractivity contribution in [3.05, 3.63) is 69.6 Å². The van der Waals surface area contributed by atoms with Crippen LogP contribution in [0, 0.1) is 0 Å². The molecule has 1 N–H and O–H groups in total. The minimum Gasteiger partial charge on any atom is -0.490 e. The smallest absolute Gasteiger partial charge is 0.332 e. The van der Waals surface area contributed by atoms with E-state index in [9.17, 15) is 14.7 Å². The van der Waals surface area contributed by atoms with E-state index in [1.165, 1.54) is 0 Å². The summed E-state index contributed by atoms with van der Waals surface area (Å²) in [6.07, 6.45) is 6.64. The molecule has 0 amide bonds. The Morgan fingerprint density at radius 1 is 1.09 bits per heavy atom. The Labute approximate surface area is 203 Å². The molecule has 0 bridgehead atoms. The number of aliphatic hydroxyl groups is 1. The highest BCUT2D eigenvalue weighted by atomic mass is 16.5. The summed E-state index contributed by atoms with van der Waals surface area (Å²) in [5.74, 6) is 0.657. The summed E-state index contributed by atoms with van der Waals surface area (Å²) >= 11 is 0. The van der Waals surface area contributed by atoms with Crippen LogP contribution in [-0.4, -0.2) is 36.5 Å². The summed E-state index contributed by atoms with van der Waals surface area (Å²) in [7, 11) is 0. The normalized spacial score (nSPS) is 15.3. The number of nitrogens with zero attached hydrogens (tertiary/aromatic N) is 4. The zero-order chi connectivity index (χ0) is 24.4. The molecule has 1 saturated carbocycles. The molecule has 4 aromatic rings. The predicted molar refractivity (Wildman–Crippen MR) is 136 cm³/mol. The Hall–Kier alpha value is -3.39. The lowest BCUT2D eigenvalue weighted by molar-refractivity contribution is 0.0909. The summed E-state index contributed by atoms with van der Waals surface area (Å²) in [4.78, 5) is 31.4. The fourth-order valence-electron chi connectivity index (χ4n) is 5.11. The lowest BCUT2D eigenvalue weighted by Gasteiger charge is -2.17. The van der Waals surface area contributed by atoms with Gasteiger partial charge in [0.15, 0.2) is 11.2 Å². The highest BCUT2D eigenvalue weighted by molar-refractivity contribution is 5.88. The monoisotopic (exact) mass is 476 g/mol. The Kier molecular flexibility index (Phi) is 6.72. The first-order valence-corrected chi connectivity index (χ1v) is 12.6. The summed E-state index contributed by atoms with van der Waals surface area (Å²) < 4.78 is 10.6. The molecule has 1 fully saturated rings. The molecule has 184 valence electrons. The number of aliphatic hydroxyl groups excluding tert-OH is 1. The second-order valence-corrected chi connectivity index (χ2v) is 9.41. The first-order chi connectivity index (χ1) is 17.1. The SMILES string of the molecule is CCCCn1c(=O)n(C[C@@H](O)COc2cccc3ccccc23)c(=O)c2c1ncn2C1CCCC1. The number of benzene rings is 2. The molecule has 0 radical (unpaired) electrons. The number of fused-ring (bicyclic) bond motifs is 2. The number of rotatable bonds is 9. The van der Waals surface area contributed by atoms with Crippen LogP contribution < -0.4 is 16.0 Å². The van der Waals surface area contributed by atoms with E-state index in [4.69, 9.17) is 4.74 Å². The number of ether oxygens (including phenoxy) is 1. The molecule has 2 aromatic heterocycles. The third-order valence-corrected chi connectivity index (χ3v) is 6.97. The molecule has 1 aliphatic rings. The topological polar surface area (TPSA) is 91.3 Å². The van der Waals surface area contributed by atoms with Gasteiger partial charge in [-0.25, -0.2) is 9.78 Å². The van der Waals surface area contributed by atoms with Crippen molar-refractivity contribution in [3.8, 4) is 5.75 Å². The first kappa shape index (κ1) is 23.4. The molecule has 2 aromatic carbocycles. The predicted octanol–water partition coefficient (Wildman–Crippen LogP) is 3.87. The third-order valence-electron chi connectivity index (χ3n) is 6.97. The Morgan fingerprint density at radius 2 is 1.86 bits per heavy atom. The van der Waals surface area contributed by atoms with Crippen LogP contribution in [0.25, 0.3) is 21.9 Å². The number of aryl methyl sites for hydroxylation is 1. The van der Waals surface area contributed by atoms with Gasteiger partial charge < -0.3 is 14.4 Å². The van der Waals surface area contributed by atoms with Gasteiger partial charge >= 0.3 is 5.69 Å². The highest BCUT2D eigenvalue weighted by Crippen LogP contribution is 2.31. The lowest BCUT2D eigenvalue weighted by Crippen LogP contribution is -2.44. The number of aromatic nitrogens is 4. The average Bonchev–Trinajstić information content (AvgIpc) is 3.55. The van der Waals surface area contributed by atoms with Crippen molar-refractivity contribution >= 4 is 21.9 Å². The van der Waals surface area contributed by atoms with Crippen LogP contribution in [0.2, 0.25) is 0 Å². The molecule has 8 nitrogen and oxygen atoms in total. The molecule has 35 heavy (non-hydrogen) atoms. The van der Waals surface area contributed by atoms with Crippen molar-refractivity contribution in [1.82, 2.24) is 18.7 Å². The second-order valence-electron chi connectivity index (χ2n) is 9.41. The van der Waals surface area contributed by atoms with E-state index in [0.717, 1.165) is 53.9 Å². The lowest BCUT2D eigenvalue weighted by atomic mass is 10.1. The molecule has 5 rings (SSSR count). The molecule has 0 unspecified atom stereocenters. The average molecular weight is 477 g/mol.